The van der Waals surface area contributed by atoms with E-state index >= 15 is 0 Å². The number of unbranched alkanes of at least 4 members (excludes halogenated alkanes) is 6. The van der Waals surface area contributed by atoms with Gasteiger partial charge in [-0.05, 0) is 19.3 Å². The Balaban J connectivity index is 4.10. The number of likely N-dealkylation sites (N-methyl/N-ethyl adjacent to an activating group) is 1. The fourth-order valence-electron chi connectivity index (χ4n) is 2.53. The summed E-state index contributed by atoms with van der Waals surface area (Å²) in [5.41, 5.74) is 0. The van der Waals surface area contributed by atoms with Crippen molar-refractivity contribution in [1.29, 1.82) is 0 Å². The largest absolute Gasteiger partial charge is 0.464 e. The maximum atomic E-state index is 12.2. The molecule has 136 valence electrons. The lowest BCUT2D eigenvalue weighted by atomic mass is 10.0. The molecule has 1 unspecified atom stereocenters. The highest BCUT2D eigenvalue weighted by Crippen LogP contribution is 2.13. The zero-order valence-corrected chi connectivity index (χ0v) is 15.6. The Bertz CT molecular complexity index is 331. The smallest absolute Gasteiger partial charge is 0.410 e. The van der Waals surface area contributed by atoms with Crippen molar-refractivity contribution in [3.63, 3.8) is 0 Å². The number of carbonyl (C=O) groups is 2. The van der Waals surface area contributed by atoms with Gasteiger partial charge in [-0.2, -0.15) is 0 Å². The van der Waals surface area contributed by atoms with Gasteiger partial charge in [0.05, 0.1) is 13.2 Å². The van der Waals surface area contributed by atoms with Gasteiger partial charge in [0.2, 0.25) is 0 Å². The van der Waals surface area contributed by atoms with E-state index in [0.717, 1.165) is 12.8 Å². The van der Waals surface area contributed by atoms with Crippen molar-refractivity contribution >= 4 is 12.1 Å². The number of nitrogens with zero attached hydrogens (tertiary/aromatic N) is 1. The Morgan fingerprint density at radius 1 is 0.913 bits per heavy atom. The van der Waals surface area contributed by atoms with E-state index in [1.807, 2.05) is 13.8 Å². The molecule has 5 nitrogen and oxygen atoms in total. The van der Waals surface area contributed by atoms with Crippen LogP contribution in [0.1, 0.15) is 72.6 Å². The van der Waals surface area contributed by atoms with Crippen molar-refractivity contribution in [2.24, 2.45) is 5.92 Å². The Hall–Kier alpha value is -1.26. The summed E-state index contributed by atoms with van der Waals surface area (Å²) in [4.78, 5) is 25.4. The summed E-state index contributed by atoms with van der Waals surface area (Å²) in [5.74, 6) is -0.368. The molecule has 0 aromatic heterocycles. The van der Waals surface area contributed by atoms with Gasteiger partial charge in [0.25, 0.3) is 0 Å². The third-order valence-corrected chi connectivity index (χ3v) is 3.84. The molecule has 5 heteroatoms. The highest BCUT2D eigenvalue weighted by Gasteiger charge is 2.31. The standard InChI is InChI=1S/C18H35NO4/c1-6-8-9-10-11-12-13-14-23-17(20)16(15(3)4)19(5)18(21)22-7-2/h15-16H,6-14H2,1-5H3. The van der Waals surface area contributed by atoms with Crippen LogP contribution < -0.4 is 0 Å². The molecule has 0 saturated heterocycles. The van der Waals surface area contributed by atoms with Gasteiger partial charge >= 0.3 is 12.1 Å². The monoisotopic (exact) mass is 329 g/mol. The summed E-state index contributed by atoms with van der Waals surface area (Å²) >= 11 is 0. The molecule has 0 spiro atoms. The van der Waals surface area contributed by atoms with Crippen LogP contribution in [-0.4, -0.2) is 43.3 Å². The van der Waals surface area contributed by atoms with Crippen LogP contribution in [0.2, 0.25) is 0 Å². The molecule has 0 aliphatic rings. The van der Waals surface area contributed by atoms with Crippen LogP contribution in [0.4, 0.5) is 4.79 Å². The van der Waals surface area contributed by atoms with E-state index < -0.39 is 12.1 Å². The molecule has 1 atom stereocenters. The van der Waals surface area contributed by atoms with Crippen molar-refractivity contribution in [2.45, 2.75) is 78.7 Å². The first-order valence-corrected chi connectivity index (χ1v) is 9.01. The molecule has 0 aromatic carbocycles. The third-order valence-electron chi connectivity index (χ3n) is 3.84. The van der Waals surface area contributed by atoms with Gasteiger partial charge in [0, 0.05) is 7.05 Å². The van der Waals surface area contributed by atoms with Crippen LogP contribution in [0.15, 0.2) is 0 Å². The first kappa shape index (κ1) is 21.7. The molecule has 0 N–H and O–H groups in total. The van der Waals surface area contributed by atoms with Gasteiger partial charge in [-0.15, -0.1) is 0 Å². The van der Waals surface area contributed by atoms with Gasteiger partial charge in [0.1, 0.15) is 6.04 Å². The summed E-state index contributed by atoms with van der Waals surface area (Å²) < 4.78 is 10.3. The van der Waals surface area contributed by atoms with Crippen molar-refractivity contribution in [1.82, 2.24) is 4.90 Å². The zero-order valence-electron chi connectivity index (χ0n) is 15.6. The normalized spacial score (nSPS) is 12.1. The average Bonchev–Trinajstić information content (AvgIpc) is 2.49. The molecule has 0 saturated carbocycles. The molecule has 0 heterocycles. The van der Waals surface area contributed by atoms with Crippen LogP contribution in [0, 0.1) is 5.92 Å². The summed E-state index contributed by atoms with van der Waals surface area (Å²) in [6.07, 6.45) is 7.75. The number of amides is 1. The Morgan fingerprint density at radius 3 is 2.00 bits per heavy atom. The molecule has 0 aliphatic carbocycles. The van der Waals surface area contributed by atoms with Crippen molar-refractivity contribution < 1.29 is 19.1 Å². The molecule has 0 aromatic rings. The highest BCUT2D eigenvalue weighted by atomic mass is 16.6. The Kier molecular flexibility index (Phi) is 12.5. The summed E-state index contributed by atoms with van der Waals surface area (Å²) in [7, 11) is 1.58. The zero-order chi connectivity index (χ0) is 17.7. The van der Waals surface area contributed by atoms with E-state index in [9.17, 15) is 9.59 Å². The molecule has 23 heavy (non-hydrogen) atoms. The second-order valence-electron chi connectivity index (χ2n) is 6.29. The maximum Gasteiger partial charge on any atom is 0.410 e. The van der Waals surface area contributed by atoms with Crippen LogP contribution in [0.25, 0.3) is 0 Å². The molecule has 0 radical (unpaired) electrons. The van der Waals surface area contributed by atoms with Gasteiger partial charge < -0.3 is 9.47 Å². The van der Waals surface area contributed by atoms with E-state index in [-0.39, 0.29) is 11.9 Å². The van der Waals surface area contributed by atoms with Crippen LogP contribution in [-0.2, 0) is 14.3 Å². The topological polar surface area (TPSA) is 55.8 Å². The number of carbonyl (C=O) groups excluding carboxylic acids is 2. The molecular weight excluding hydrogens is 294 g/mol. The Morgan fingerprint density at radius 2 is 1.48 bits per heavy atom. The van der Waals surface area contributed by atoms with Crippen molar-refractivity contribution in [2.75, 3.05) is 20.3 Å². The molecule has 0 rings (SSSR count). The second kappa shape index (κ2) is 13.2. The van der Waals surface area contributed by atoms with Gasteiger partial charge in [-0.25, -0.2) is 9.59 Å². The number of esters is 1. The van der Waals surface area contributed by atoms with E-state index in [0.29, 0.717) is 13.2 Å². The predicted octanol–water partition coefficient (Wildman–Crippen LogP) is 4.39. The number of hydrogen-bond acceptors (Lipinski definition) is 4. The lowest BCUT2D eigenvalue weighted by Crippen LogP contribution is -2.46. The van der Waals surface area contributed by atoms with Gasteiger partial charge in [-0.1, -0.05) is 59.3 Å². The lowest BCUT2D eigenvalue weighted by Gasteiger charge is -2.28. The van der Waals surface area contributed by atoms with Crippen LogP contribution >= 0.6 is 0 Å². The SMILES string of the molecule is CCCCCCCCCOC(=O)C(C(C)C)N(C)C(=O)OCC. The third kappa shape index (κ3) is 9.47. The molecule has 0 fully saturated rings. The van der Waals surface area contributed by atoms with Crippen molar-refractivity contribution in [3.05, 3.63) is 0 Å². The fourth-order valence-corrected chi connectivity index (χ4v) is 2.53. The minimum Gasteiger partial charge on any atom is -0.464 e. The van der Waals surface area contributed by atoms with E-state index in [1.54, 1.807) is 14.0 Å². The molecular formula is C18H35NO4. The lowest BCUT2D eigenvalue weighted by molar-refractivity contribution is -0.150. The maximum absolute atomic E-state index is 12.2. The van der Waals surface area contributed by atoms with Gasteiger partial charge in [0.15, 0.2) is 0 Å². The minimum atomic E-state index is -0.599. The fraction of sp³-hybridized carbons (Fsp3) is 0.889. The van der Waals surface area contributed by atoms with Crippen molar-refractivity contribution in [3.8, 4) is 0 Å². The van der Waals surface area contributed by atoms with Crippen LogP contribution in [0.3, 0.4) is 0 Å². The van der Waals surface area contributed by atoms with E-state index in [1.165, 1.54) is 37.0 Å². The summed E-state index contributed by atoms with van der Waals surface area (Å²) in [6, 6.07) is -0.599. The van der Waals surface area contributed by atoms with E-state index in [4.69, 9.17) is 9.47 Å². The Labute approximate surface area is 141 Å². The number of hydrogen-bond donors (Lipinski definition) is 0. The molecule has 0 aliphatic heterocycles. The van der Waals surface area contributed by atoms with E-state index in [2.05, 4.69) is 6.92 Å². The highest BCUT2D eigenvalue weighted by molar-refractivity contribution is 5.81. The number of rotatable bonds is 12. The summed E-state index contributed by atoms with van der Waals surface area (Å²) in [6.45, 7) is 8.46. The second-order valence-corrected chi connectivity index (χ2v) is 6.29. The summed E-state index contributed by atoms with van der Waals surface area (Å²) in [5, 5.41) is 0. The first-order chi connectivity index (χ1) is 11.0. The van der Waals surface area contributed by atoms with Gasteiger partial charge in [-0.3, -0.25) is 4.90 Å². The van der Waals surface area contributed by atoms with Crippen LogP contribution in [0.5, 0.6) is 0 Å². The average molecular weight is 329 g/mol. The predicted molar refractivity (Wildman–Crippen MR) is 92.4 cm³/mol. The molecule has 0 bridgehead atoms. The molecule has 1 amide bonds. The minimum absolute atomic E-state index is 0.0223. The number of ether oxygens (including phenoxy) is 2. The first-order valence-electron chi connectivity index (χ1n) is 9.01. The quantitative estimate of drug-likeness (QED) is 0.393.